The Labute approximate surface area is 274 Å². The molecule has 0 spiro atoms. The lowest BCUT2D eigenvalue weighted by Crippen LogP contribution is -2.29. The molecule has 1 aliphatic rings. The first-order valence-electron chi connectivity index (χ1n) is 15.0. The van der Waals surface area contributed by atoms with Crippen molar-refractivity contribution in [3.63, 3.8) is 0 Å². The maximum Gasteiger partial charge on any atom is 0.301 e. The number of pyridine rings is 1. The van der Waals surface area contributed by atoms with E-state index < -0.39 is 17.7 Å². The first-order valence-corrected chi connectivity index (χ1v) is 16.8. The number of rotatable bonds is 12. The average molecular weight is 653 g/mol. The Balaban J connectivity index is 1.38. The van der Waals surface area contributed by atoms with Crippen LogP contribution in [-0.4, -0.2) is 45.2 Å². The van der Waals surface area contributed by atoms with Crippen LogP contribution in [0.1, 0.15) is 49.4 Å². The maximum absolute atomic E-state index is 13.7. The number of carbonyl (C=O) groups is 2. The molecule has 0 bridgehead atoms. The number of unbranched alkanes of at least 4 members (excludes halogenated alkanes) is 1. The smallest absolute Gasteiger partial charge is 0.301 e. The van der Waals surface area contributed by atoms with Crippen LogP contribution >= 0.6 is 23.1 Å². The fraction of sp³-hybridized carbons (Fsp3) is 0.229. The van der Waals surface area contributed by atoms with Crippen molar-refractivity contribution >= 4 is 56.5 Å². The van der Waals surface area contributed by atoms with E-state index in [1.165, 1.54) is 40.4 Å². The van der Waals surface area contributed by atoms with Crippen LogP contribution in [0.4, 0.5) is 5.13 Å². The van der Waals surface area contributed by atoms with Gasteiger partial charge in [-0.3, -0.25) is 19.5 Å². The second kappa shape index (κ2) is 14.1. The highest BCUT2D eigenvalue weighted by Crippen LogP contribution is 2.45. The molecule has 234 valence electrons. The highest BCUT2D eigenvalue weighted by atomic mass is 32.2. The molecule has 1 amide bonds. The van der Waals surface area contributed by atoms with Gasteiger partial charge in [-0.25, -0.2) is 0 Å². The van der Waals surface area contributed by atoms with E-state index in [1.807, 2.05) is 25.1 Å². The zero-order valence-corrected chi connectivity index (χ0v) is 27.0. The van der Waals surface area contributed by atoms with Gasteiger partial charge in [0.25, 0.3) is 5.78 Å². The number of aliphatic hydroxyl groups is 1. The van der Waals surface area contributed by atoms with Crippen LogP contribution in [0, 0.1) is 0 Å². The lowest BCUT2D eigenvalue weighted by molar-refractivity contribution is -0.132. The van der Waals surface area contributed by atoms with Crippen molar-refractivity contribution < 1.29 is 24.2 Å². The molecule has 9 nitrogen and oxygen atoms in total. The molecular weight excluding hydrogens is 621 g/mol. The summed E-state index contributed by atoms with van der Waals surface area (Å²) < 4.78 is 12.5. The second-order valence-electron chi connectivity index (χ2n) is 10.5. The minimum Gasteiger partial charge on any atom is -0.507 e. The molecule has 11 heteroatoms. The Morgan fingerprint density at radius 3 is 2.57 bits per heavy atom. The molecule has 1 fully saturated rings. The topological polar surface area (TPSA) is 115 Å². The molecule has 6 rings (SSSR count). The van der Waals surface area contributed by atoms with E-state index in [4.69, 9.17) is 9.47 Å². The SMILES string of the molecule is CCCCOc1ccc(C2C(=C(O)c3ccncc3)C(=O)C(=O)N2c2nnc(SCc3cccc4ccccc34)s2)cc1OCC. The van der Waals surface area contributed by atoms with Gasteiger partial charge in [-0.2, -0.15) is 0 Å². The van der Waals surface area contributed by atoms with E-state index in [2.05, 4.69) is 46.4 Å². The lowest BCUT2D eigenvalue weighted by atomic mass is 9.95. The predicted molar refractivity (Wildman–Crippen MR) is 180 cm³/mol. The van der Waals surface area contributed by atoms with Crippen LogP contribution < -0.4 is 14.4 Å². The summed E-state index contributed by atoms with van der Waals surface area (Å²) in [7, 11) is 0. The van der Waals surface area contributed by atoms with Crippen molar-refractivity contribution in [2.75, 3.05) is 18.1 Å². The maximum atomic E-state index is 13.7. The largest absolute Gasteiger partial charge is 0.507 e. The van der Waals surface area contributed by atoms with Crippen LogP contribution in [0.2, 0.25) is 0 Å². The molecule has 3 aromatic carbocycles. The van der Waals surface area contributed by atoms with Gasteiger partial charge in [-0.1, -0.05) is 85.0 Å². The number of amides is 1. The standard InChI is InChI=1S/C35H32N4O5S2/c1-3-5-19-44-27-14-13-24(20-28(27)43-4-2)30-29(31(40)23-15-17-36-18-16-23)32(41)33(42)39(30)34-37-38-35(46-34)45-21-25-11-8-10-22-9-6-7-12-26(22)25/h6-18,20,30,40H,3-5,19,21H2,1-2H3. The fourth-order valence-electron chi connectivity index (χ4n) is 5.34. The number of hydrogen-bond acceptors (Lipinski definition) is 10. The first-order chi connectivity index (χ1) is 22.5. The van der Waals surface area contributed by atoms with Gasteiger partial charge in [0, 0.05) is 23.7 Å². The number of aliphatic hydroxyl groups excluding tert-OH is 1. The van der Waals surface area contributed by atoms with Crippen LogP contribution in [0.3, 0.4) is 0 Å². The molecular formula is C35H32N4O5S2. The van der Waals surface area contributed by atoms with Crippen molar-refractivity contribution in [1.29, 1.82) is 0 Å². The molecule has 0 aliphatic carbocycles. The summed E-state index contributed by atoms with van der Waals surface area (Å²) in [5.74, 6) is -0.228. The van der Waals surface area contributed by atoms with Crippen molar-refractivity contribution in [2.24, 2.45) is 0 Å². The number of aromatic nitrogens is 3. The normalized spacial score (nSPS) is 15.9. The third-order valence-corrected chi connectivity index (χ3v) is 9.67. The summed E-state index contributed by atoms with van der Waals surface area (Å²) in [6, 6.07) is 21.9. The predicted octanol–water partition coefficient (Wildman–Crippen LogP) is 7.58. The number of hydrogen-bond donors (Lipinski definition) is 1. The zero-order valence-electron chi connectivity index (χ0n) is 25.4. The molecule has 46 heavy (non-hydrogen) atoms. The molecule has 5 aromatic rings. The van der Waals surface area contributed by atoms with Gasteiger partial charge in [-0.05, 0) is 59.5 Å². The average Bonchev–Trinajstić information content (AvgIpc) is 3.66. The number of anilines is 1. The number of benzene rings is 3. The molecule has 1 unspecified atom stereocenters. The third-order valence-electron chi connectivity index (χ3n) is 7.57. The molecule has 0 radical (unpaired) electrons. The van der Waals surface area contributed by atoms with Gasteiger partial charge in [0.1, 0.15) is 5.76 Å². The monoisotopic (exact) mass is 652 g/mol. The van der Waals surface area contributed by atoms with Gasteiger partial charge in [0.15, 0.2) is 15.8 Å². The minimum atomic E-state index is -0.985. The van der Waals surface area contributed by atoms with Gasteiger partial charge in [0.05, 0.1) is 24.8 Å². The second-order valence-corrected chi connectivity index (χ2v) is 12.7. The van der Waals surface area contributed by atoms with Crippen molar-refractivity contribution in [2.45, 2.75) is 42.8 Å². The van der Waals surface area contributed by atoms with E-state index in [0.29, 0.717) is 45.9 Å². The van der Waals surface area contributed by atoms with Crippen LogP contribution in [0.5, 0.6) is 11.5 Å². The van der Waals surface area contributed by atoms with Crippen LogP contribution in [-0.2, 0) is 15.3 Å². The summed E-state index contributed by atoms with van der Waals surface area (Å²) >= 11 is 2.73. The highest BCUT2D eigenvalue weighted by molar-refractivity contribution is 8.00. The Hall–Kier alpha value is -4.74. The van der Waals surface area contributed by atoms with Crippen molar-refractivity contribution in [3.8, 4) is 11.5 Å². The number of ether oxygens (including phenoxy) is 2. The summed E-state index contributed by atoms with van der Waals surface area (Å²) in [6.45, 7) is 4.87. The molecule has 3 heterocycles. The number of nitrogens with zero attached hydrogens (tertiary/aromatic N) is 4. The van der Waals surface area contributed by atoms with Crippen LogP contribution in [0.25, 0.3) is 16.5 Å². The van der Waals surface area contributed by atoms with Gasteiger partial charge in [0.2, 0.25) is 5.13 Å². The summed E-state index contributed by atoms with van der Waals surface area (Å²) in [5, 5.41) is 22.7. The van der Waals surface area contributed by atoms with E-state index >= 15 is 0 Å². The molecule has 1 N–H and O–H groups in total. The number of carbonyl (C=O) groups excluding carboxylic acids is 2. The number of ketones is 1. The fourth-order valence-corrected chi connectivity index (χ4v) is 7.21. The van der Waals surface area contributed by atoms with Gasteiger partial charge < -0.3 is 14.6 Å². The molecule has 1 aliphatic heterocycles. The Morgan fingerprint density at radius 2 is 1.76 bits per heavy atom. The quantitative estimate of drug-likeness (QED) is 0.0364. The van der Waals surface area contributed by atoms with E-state index in [9.17, 15) is 14.7 Å². The highest BCUT2D eigenvalue weighted by Gasteiger charge is 2.48. The van der Waals surface area contributed by atoms with Crippen molar-refractivity contribution in [3.05, 3.63) is 107 Å². The number of fused-ring (bicyclic) bond motifs is 1. The summed E-state index contributed by atoms with van der Waals surface area (Å²) in [6.07, 6.45) is 4.90. The molecule has 2 aromatic heterocycles. The Morgan fingerprint density at radius 1 is 0.957 bits per heavy atom. The number of thioether (sulfide) groups is 1. The minimum absolute atomic E-state index is 0.0570. The number of Topliss-reactive ketones (excluding diaryl/α,β-unsaturated/α-hetero) is 1. The van der Waals surface area contributed by atoms with E-state index in [0.717, 1.165) is 29.2 Å². The Kier molecular flexibility index (Phi) is 9.60. The Bertz CT molecular complexity index is 1900. The summed E-state index contributed by atoms with van der Waals surface area (Å²) in [4.78, 5) is 32.7. The van der Waals surface area contributed by atoms with Crippen molar-refractivity contribution in [1.82, 2.24) is 15.2 Å². The van der Waals surface area contributed by atoms with Crippen LogP contribution in [0.15, 0.2) is 95.1 Å². The lowest BCUT2D eigenvalue weighted by Gasteiger charge is -2.23. The van der Waals surface area contributed by atoms with E-state index in [1.54, 1.807) is 30.3 Å². The third kappa shape index (κ3) is 6.33. The summed E-state index contributed by atoms with van der Waals surface area (Å²) in [5.41, 5.74) is 2.02. The zero-order chi connectivity index (χ0) is 32.0. The molecule has 0 saturated carbocycles. The first kappa shape index (κ1) is 31.3. The van der Waals surface area contributed by atoms with Gasteiger partial charge in [-0.15, -0.1) is 10.2 Å². The van der Waals surface area contributed by atoms with Gasteiger partial charge >= 0.3 is 5.91 Å². The molecule has 1 saturated heterocycles. The van der Waals surface area contributed by atoms with E-state index in [-0.39, 0.29) is 16.5 Å². The molecule has 1 atom stereocenters.